The average Bonchev–Trinajstić information content (AvgIpc) is 3.23. The molecule has 0 fully saturated rings. The summed E-state index contributed by atoms with van der Waals surface area (Å²) in [6.45, 7) is 4.09. The summed E-state index contributed by atoms with van der Waals surface area (Å²) in [5, 5.41) is 16.3. The molecule has 0 bridgehead atoms. The summed E-state index contributed by atoms with van der Waals surface area (Å²) in [5.74, 6) is 0.568. The van der Waals surface area contributed by atoms with E-state index in [9.17, 15) is 8.42 Å². The molecule has 4 rings (SSSR count). The molecule has 0 radical (unpaired) electrons. The van der Waals surface area contributed by atoms with Gasteiger partial charge in [-0.05, 0) is 26.0 Å². The number of hydrogen-bond acceptors (Lipinski definition) is 6. The number of nitrogens with one attached hydrogen (secondary N) is 2. The highest BCUT2D eigenvalue weighted by Gasteiger charge is 2.14. The lowest BCUT2D eigenvalue weighted by atomic mass is 10.1. The highest BCUT2D eigenvalue weighted by molar-refractivity contribution is 7.90. The Morgan fingerprint density at radius 2 is 2.00 bits per heavy atom. The van der Waals surface area contributed by atoms with Crippen LogP contribution in [0.5, 0.6) is 0 Å². The minimum absolute atomic E-state index is 0.235. The molecule has 0 aliphatic rings. The Hall–Kier alpha value is -2.94. The van der Waals surface area contributed by atoms with Crippen LogP contribution in [0.15, 0.2) is 41.7 Å². The molecule has 0 aliphatic heterocycles. The summed E-state index contributed by atoms with van der Waals surface area (Å²) in [7, 11) is -3.31. The predicted molar refractivity (Wildman–Crippen MR) is 100 cm³/mol. The topological polar surface area (TPSA) is 106 Å². The van der Waals surface area contributed by atoms with Gasteiger partial charge in [0, 0.05) is 29.3 Å². The Labute approximate surface area is 150 Å². The maximum atomic E-state index is 11.9. The van der Waals surface area contributed by atoms with E-state index >= 15 is 0 Å². The van der Waals surface area contributed by atoms with Gasteiger partial charge >= 0.3 is 0 Å². The molecule has 9 heteroatoms. The lowest BCUT2D eigenvalue weighted by molar-refractivity contribution is 0.532. The average molecular weight is 370 g/mol. The van der Waals surface area contributed by atoms with Gasteiger partial charge < -0.3 is 5.32 Å². The molecule has 2 N–H and O–H groups in total. The largest absolute Gasteiger partial charge is 0.336 e. The normalized spacial score (nSPS) is 12.3. The number of aromatic nitrogens is 5. The van der Waals surface area contributed by atoms with Gasteiger partial charge in [-0.2, -0.15) is 10.2 Å². The minimum Gasteiger partial charge on any atom is -0.336 e. The molecule has 0 amide bonds. The van der Waals surface area contributed by atoms with E-state index in [0.29, 0.717) is 11.3 Å². The summed E-state index contributed by atoms with van der Waals surface area (Å²) in [4.78, 5) is 4.85. The Balaban J connectivity index is 1.87. The molecule has 8 nitrogen and oxygen atoms in total. The number of aromatic amines is 1. The molecule has 0 spiro atoms. The van der Waals surface area contributed by atoms with Crippen molar-refractivity contribution in [3.05, 3.63) is 36.8 Å². The van der Waals surface area contributed by atoms with Crippen LogP contribution in [0.1, 0.15) is 19.9 Å². The van der Waals surface area contributed by atoms with Crippen molar-refractivity contribution in [1.82, 2.24) is 25.0 Å². The number of pyridine rings is 1. The maximum Gasteiger partial charge on any atom is 0.175 e. The van der Waals surface area contributed by atoms with E-state index < -0.39 is 9.84 Å². The van der Waals surface area contributed by atoms with Crippen LogP contribution >= 0.6 is 0 Å². The number of sulfone groups is 1. The standard InChI is InChI=1S/C17H18N6O2S/c1-10(2)23-9-11(7-19-23)20-17-16-14(8-18-22-16)13-5-4-12(26(3,24)25)6-15(13)21-17/h4-10H,1-3H3,(H,18,22)(H,20,21). The van der Waals surface area contributed by atoms with Crippen LogP contribution in [-0.2, 0) is 9.84 Å². The molecule has 134 valence electrons. The first-order chi connectivity index (χ1) is 12.3. The number of H-pyrrole nitrogens is 1. The highest BCUT2D eigenvalue weighted by Crippen LogP contribution is 2.30. The second kappa shape index (κ2) is 5.80. The number of anilines is 2. The van der Waals surface area contributed by atoms with Crippen LogP contribution in [-0.4, -0.2) is 39.6 Å². The van der Waals surface area contributed by atoms with E-state index in [1.165, 1.54) is 6.26 Å². The van der Waals surface area contributed by atoms with Gasteiger partial charge in [0.1, 0.15) is 5.52 Å². The Bertz CT molecular complexity index is 1220. The third-order valence-corrected chi connectivity index (χ3v) is 5.30. The zero-order valence-electron chi connectivity index (χ0n) is 14.6. The zero-order valence-corrected chi connectivity index (χ0v) is 15.4. The van der Waals surface area contributed by atoms with Gasteiger partial charge in [0.2, 0.25) is 0 Å². The number of benzene rings is 1. The molecule has 0 atom stereocenters. The first kappa shape index (κ1) is 16.5. The van der Waals surface area contributed by atoms with Gasteiger partial charge in [-0.3, -0.25) is 9.78 Å². The van der Waals surface area contributed by atoms with E-state index in [2.05, 4.69) is 25.6 Å². The molecule has 1 aromatic carbocycles. The fourth-order valence-corrected chi connectivity index (χ4v) is 3.46. The van der Waals surface area contributed by atoms with E-state index in [1.54, 1.807) is 30.6 Å². The summed E-state index contributed by atoms with van der Waals surface area (Å²) in [5.41, 5.74) is 2.13. The number of rotatable bonds is 4. The van der Waals surface area contributed by atoms with Crippen molar-refractivity contribution >= 4 is 43.1 Å². The SMILES string of the molecule is CC(C)n1cc(Nc2nc3cc(S(C)(=O)=O)ccc3c3cn[nH]c23)cn1. The number of nitrogens with zero attached hydrogens (tertiary/aromatic N) is 4. The maximum absolute atomic E-state index is 11.9. The first-order valence-corrected chi connectivity index (χ1v) is 10.00. The van der Waals surface area contributed by atoms with Crippen LogP contribution in [0.25, 0.3) is 21.8 Å². The lowest BCUT2D eigenvalue weighted by Gasteiger charge is -2.08. The van der Waals surface area contributed by atoms with Crippen LogP contribution in [0.2, 0.25) is 0 Å². The molecule has 26 heavy (non-hydrogen) atoms. The minimum atomic E-state index is -3.31. The summed E-state index contributed by atoms with van der Waals surface area (Å²) < 4.78 is 25.6. The lowest BCUT2D eigenvalue weighted by Crippen LogP contribution is -2.00. The van der Waals surface area contributed by atoms with E-state index in [-0.39, 0.29) is 10.9 Å². The number of hydrogen-bond donors (Lipinski definition) is 2. The van der Waals surface area contributed by atoms with Crippen molar-refractivity contribution in [3.63, 3.8) is 0 Å². The number of fused-ring (bicyclic) bond motifs is 3. The summed E-state index contributed by atoms with van der Waals surface area (Å²) in [6.07, 6.45) is 6.51. The smallest absolute Gasteiger partial charge is 0.175 e. The van der Waals surface area contributed by atoms with Crippen LogP contribution in [0.3, 0.4) is 0 Å². The Morgan fingerprint density at radius 3 is 2.69 bits per heavy atom. The first-order valence-electron chi connectivity index (χ1n) is 8.11. The van der Waals surface area contributed by atoms with Crippen molar-refractivity contribution in [2.24, 2.45) is 0 Å². The molecule has 3 aromatic heterocycles. The van der Waals surface area contributed by atoms with Gasteiger partial charge in [0.15, 0.2) is 15.7 Å². The van der Waals surface area contributed by atoms with E-state index in [1.807, 2.05) is 24.7 Å². The quantitative estimate of drug-likeness (QED) is 0.572. The van der Waals surface area contributed by atoms with Gasteiger partial charge in [-0.1, -0.05) is 6.07 Å². The predicted octanol–water partition coefficient (Wildman–Crippen LogP) is 3.04. The summed E-state index contributed by atoms with van der Waals surface area (Å²) in [6, 6.07) is 5.18. The van der Waals surface area contributed by atoms with Crippen molar-refractivity contribution in [2.75, 3.05) is 11.6 Å². The fraction of sp³-hybridized carbons (Fsp3) is 0.235. The van der Waals surface area contributed by atoms with Crippen LogP contribution in [0.4, 0.5) is 11.5 Å². The second-order valence-corrected chi connectivity index (χ2v) is 8.51. The van der Waals surface area contributed by atoms with Crippen molar-refractivity contribution in [2.45, 2.75) is 24.8 Å². The molecular formula is C17H18N6O2S. The van der Waals surface area contributed by atoms with E-state index in [0.717, 1.165) is 22.0 Å². The molecule has 0 aliphatic carbocycles. The van der Waals surface area contributed by atoms with Gasteiger partial charge in [0.25, 0.3) is 0 Å². The highest BCUT2D eigenvalue weighted by atomic mass is 32.2. The molecule has 0 unspecified atom stereocenters. The molecular weight excluding hydrogens is 352 g/mol. The third-order valence-electron chi connectivity index (χ3n) is 4.19. The van der Waals surface area contributed by atoms with Gasteiger partial charge in [-0.25, -0.2) is 13.4 Å². The van der Waals surface area contributed by atoms with E-state index in [4.69, 9.17) is 0 Å². The molecule has 0 saturated heterocycles. The van der Waals surface area contributed by atoms with Crippen LogP contribution in [0, 0.1) is 0 Å². The van der Waals surface area contributed by atoms with Gasteiger partial charge in [0.05, 0.1) is 28.5 Å². The van der Waals surface area contributed by atoms with Crippen LogP contribution < -0.4 is 5.32 Å². The molecule has 3 heterocycles. The monoisotopic (exact) mass is 370 g/mol. The molecule has 4 aromatic rings. The fourth-order valence-electron chi connectivity index (χ4n) is 2.82. The van der Waals surface area contributed by atoms with Crippen molar-refractivity contribution < 1.29 is 8.42 Å². The Kier molecular flexibility index (Phi) is 3.69. The summed E-state index contributed by atoms with van der Waals surface area (Å²) >= 11 is 0. The third kappa shape index (κ3) is 2.80. The second-order valence-electron chi connectivity index (χ2n) is 6.50. The van der Waals surface area contributed by atoms with Gasteiger partial charge in [-0.15, -0.1) is 0 Å². The van der Waals surface area contributed by atoms with Crippen molar-refractivity contribution in [3.8, 4) is 0 Å². The zero-order chi connectivity index (χ0) is 18.5. The van der Waals surface area contributed by atoms with Crippen molar-refractivity contribution in [1.29, 1.82) is 0 Å². The Morgan fingerprint density at radius 1 is 1.19 bits per heavy atom. The molecule has 0 saturated carbocycles.